The van der Waals surface area contributed by atoms with Gasteiger partial charge in [0.2, 0.25) is 0 Å². The summed E-state index contributed by atoms with van der Waals surface area (Å²) < 4.78 is 13.2. The van der Waals surface area contributed by atoms with Gasteiger partial charge >= 0.3 is 0 Å². The van der Waals surface area contributed by atoms with E-state index in [0.29, 0.717) is 10.7 Å². The van der Waals surface area contributed by atoms with E-state index >= 15 is 0 Å². The highest BCUT2D eigenvalue weighted by Crippen LogP contribution is 2.30. The fourth-order valence-electron chi connectivity index (χ4n) is 2.75. The fraction of sp³-hybridized carbons (Fsp3) is 0.600. The number of hydrogen-bond donors (Lipinski definition) is 0. The maximum Gasteiger partial charge on any atom is 0.123 e. The third-order valence-corrected chi connectivity index (χ3v) is 4.62. The third-order valence-electron chi connectivity index (χ3n) is 3.79. The first-order chi connectivity index (χ1) is 8.15. The molecule has 2 unspecified atom stereocenters. The van der Waals surface area contributed by atoms with Crippen LogP contribution in [0.3, 0.4) is 0 Å². The van der Waals surface area contributed by atoms with Gasteiger partial charge in [-0.2, -0.15) is 0 Å². The van der Waals surface area contributed by atoms with Crippen LogP contribution in [0.5, 0.6) is 0 Å². The normalized spacial score (nSPS) is 25.6. The van der Waals surface area contributed by atoms with Crippen molar-refractivity contribution in [3.63, 3.8) is 0 Å². The van der Waals surface area contributed by atoms with Gasteiger partial charge in [0.15, 0.2) is 0 Å². The highest BCUT2D eigenvalue weighted by Gasteiger charge is 2.19. The van der Waals surface area contributed by atoms with Crippen molar-refractivity contribution in [1.82, 2.24) is 0 Å². The minimum atomic E-state index is -0.102. The molecular weight excluding hydrogens is 279 g/mol. The zero-order valence-corrected chi connectivity index (χ0v) is 12.0. The molecule has 0 radical (unpaired) electrons. The van der Waals surface area contributed by atoms with E-state index in [2.05, 4.69) is 22.9 Å². The summed E-state index contributed by atoms with van der Waals surface area (Å²) in [5.41, 5.74) is 2.42. The summed E-state index contributed by atoms with van der Waals surface area (Å²) in [6.07, 6.45) is 7.49. The molecule has 1 saturated carbocycles. The summed E-state index contributed by atoms with van der Waals surface area (Å²) in [5, 5.41) is 0. The molecule has 1 aliphatic rings. The van der Waals surface area contributed by atoms with Gasteiger partial charge in [-0.1, -0.05) is 41.3 Å². The maximum atomic E-state index is 13.2. The zero-order chi connectivity index (χ0) is 12.3. The Morgan fingerprint density at radius 3 is 2.88 bits per heavy atom. The Kier molecular flexibility index (Phi) is 4.61. The summed E-state index contributed by atoms with van der Waals surface area (Å²) in [4.78, 5) is 0.656. The second-order valence-corrected chi connectivity index (χ2v) is 6.55. The molecule has 1 aromatic rings. The molecule has 2 rings (SSSR count). The van der Waals surface area contributed by atoms with Crippen molar-refractivity contribution in [2.75, 3.05) is 0 Å². The average molecular weight is 299 g/mol. The summed E-state index contributed by atoms with van der Waals surface area (Å²) in [6.45, 7) is 2.08. The molecule has 0 saturated heterocycles. The van der Waals surface area contributed by atoms with Crippen molar-refractivity contribution < 1.29 is 4.39 Å². The summed E-state index contributed by atoms with van der Waals surface area (Å²) in [7, 11) is 0. The van der Waals surface area contributed by atoms with Gasteiger partial charge in [-0.05, 0) is 55.4 Å². The number of hydrogen-bond acceptors (Lipinski definition) is 0. The average Bonchev–Trinajstić information content (AvgIpc) is 2.48. The lowest BCUT2D eigenvalue weighted by Crippen LogP contribution is -2.09. The fourth-order valence-corrected chi connectivity index (χ4v) is 3.60. The minimum Gasteiger partial charge on any atom is -0.207 e. The second-order valence-electron chi connectivity index (χ2n) is 5.26. The minimum absolute atomic E-state index is 0.102. The number of aryl methyl sites for hydroxylation is 1. The molecule has 1 aliphatic carbocycles. The van der Waals surface area contributed by atoms with Gasteiger partial charge < -0.3 is 0 Å². The first-order valence-corrected chi connectivity index (χ1v) is 7.46. The van der Waals surface area contributed by atoms with E-state index in [0.717, 1.165) is 6.42 Å². The molecule has 2 heteroatoms. The van der Waals surface area contributed by atoms with E-state index in [1.54, 1.807) is 12.1 Å². The molecule has 17 heavy (non-hydrogen) atoms. The Morgan fingerprint density at radius 1 is 1.29 bits per heavy atom. The number of rotatable bonds is 2. The van der Waals surface area contributed by atoms with E-state index in [1.165, 1.54) is 43.2 Å². The number of alkyl halides is 1. The third kappa shape index (κ3) is 3.80. The SMILES string of the molecule is Cc1ccc(F)cc1CC1CCCCC(Br)C1. The highest BCUT2D eigenvalue weighted by molar-refractivity contribution is 9.09. The zero-order valence-electron chi connectivity index (χ0n) is 10.4. The molecule has 1 aromatic carbocycles. The van der Waals surface area contributed by atoms with Gasteiger partial charge in [0.05, 0.1) is 0 Å². The largest absolute Gasteiger partial charge is 0.207 e. The Morgan fingerprint density at radius 2 is 2.06 bits per heavy atom. The van der Waals surface area contributed by atoms with Crippen molar-refractivity contribution in [2.24, 2.45) is 5.92 Å². The maximum absolute atomic E-state index is 13.2. The summed E-state index contributed by atoms with van der Waals surface area (Å²) in [5.74, 6) is 0.608. The van der Waals surface area contributed by atoms with Crippen LogP contribution in [0, 0.1) is 18.7 Å². The van der Waals surface area contributed by atoms with Gasteiger partial charge in [0.1, 0.15) is 5.82 Å². The number of halogens is 2. The van der Waals surface area contributed by atoms with Crippen molar-refractivity contribution in [3.8, 4) is 0 Å². The van der Waals surface area contributed by atoms with Crippen LogP contribution >= 0.6 is 15.9 Å². The molecule has 0 bridgehead atoms. The Labute approximate surface area is 112 Å². The monoisotopic (exact) mass is 298 g/mol. The van der Waals surface area contributed by atoms with Crippen LogP contribution in [0.2, 0.25) is 0 Å². The lowest BCUT2D eigenvalue weighted by molar-refractivity contribution is 0.461. The summed E-state index contributed by atoms with van der Waals surface area (Å²) in [6, 6.07) is 5.16. The van der Waals surface area contributed by atoms with Crippen LogP contribution in [-0.4, -0.2) is 4.83 Å². The van der Waals surface area contributed by atoms with Gasteiger partial charge in [-0.15, -0.1) is 0 Å². The van der Waals surface area contributed by atoms with Crippen molar-refractivity contribution in [2.45, 2.75) is 50.3 Å². The van der Waals surface area contributed by atoms with Gasteiger partial charge in [0.25, 0.3) is 0 Å². The quantitative estimate of drug-likeness (QED) is 0.531. The van der Waals surface area contributed by atoms with Crippen molar-refractivity contribution in [3.05, 3.63) is 35.1 Å². The predicted octanol–water partition coefficient (Wildman–Crippen LogP) is 5.02. The molecule has 2 atom stereocenters. The smallest absolute Gasteiger partial charge is 0.123 e. The first kappa shape index (κ1) is 13.1. The Hall–Kier alpha value is -0.370. The van der Waals surface area contributed by atoms with Crippen molar-refractivity contribution >= 4 is 15.9 Å². The van der Waals surface area contributed by atoms with Crippen molar-refractivity contribution in [1.29, 1.82) is 0 Å². The van der Waals surface area contributed by atoms with Crippen LogP contribution < -0.4 is 0 Å². The molecule has 1 fully saturated rings. The van der Waals surface area contributed by atoms with E-state index in [1.807, 2.05) is 6.07 Å². The molecular formula is C15H20BrF. The molecule has 0 aliphatic heterocycles. The molecule has 94 valence electrons. The molecule has 0 N–H and O–H groups in total. The lowest BCUT2D eigenvalue weighted by atomic mass is 9.90. The first-order valence-electron chi connectivity index (χ1n) is 6.54. The molecule has 0 heterocycles. The molecule has 0 nitrogen and oxygen atoms in total. The van der Waals surface area contributed by atoms with Gasteiger partial charge in [-0.3, -0.25) is 0 Å². The van der Waals surface area contributed by atoms with E-state index in [4.69, 9.17) is 0 Å². The highest BCUT2D eigenvalue weighted by atomic mass is 79.9. The predicted molar refractivity (Wildman–Crippen MR) is 74.1 cm³/mol. The van der Waals surface area contributed by atoms with Gasteiger partial charge in [-0.25, -0.2) is 4.39 Å². The van der Waals surface area contributed by atoms with Gasteiger partial charge in [0, 0.05) is 4.83 Å². The standard InChI is InChI=1S/C15H20BrF/c1-11-6-7-15(17)10-13(11)8-12-4-2-3-5-14(16)9-12/h6-7,10,12,14H,2-5,8-9H2,1H3. The van der Waals surface area contributed by atoms with E-state index < -0.39 is 0 Å². The summed E-state index contributed by atoms with van der Waals surface area (Å²) >= 11 is 3.75. The van der Waals surface area contributed by atoms with E-state index in [9.17, 15) is 4.39 Å². The molecule has 0 aromatic heterocycles. The van der Waals surface area contributed by atoms with E-state index in [-0.39, 0.29) is 5.82 Å². The Balaban J connectivity index is 2.06. The molecule has 0 spiro atoms. The lowest BCUT2D eigenvalue weighted by Gasteiger charge is -2.17. The topological polar surface area (TPSA) is 0 Å². The van der Waals surface area contributed by atoms with Crippen LogP contribution in [-0.2, 0) is 6.42 Å². The Bertz CT molecular complexity index is 375. The molecule has 0 amide bonds. The second kappa shape index (κ2) is 5.99. The number of benzene rings is 1. The van der Waals surface area contributed by atoms with Crippen LogP contribution in [0.4, 0.5) is 4.39 Å². The van der Waals surface area contributed by atoms with Crippen LogP contribution in [0.1, 0.15) is 43.2 Å². The van der Waals surface area contributed by atoms with Crippen LogP contribution in [0.15, 0.2) is 18.2 Å². The van der Waals surface area contributed by atoms with Crippen LogP contribution in [0.25, 0.3) is 0 Å².